The summed E-state index contributed by atoms with van der Waals surface area (Å²) in [5, 5.41) is 34.4. The molecule has 0 aliphatic heterocycles. The fourth-order valence-corrected chi connectivity index (χ4v) is 0.197. The zero-order valence-corrected chi connectivity index (χ0v) is 10.9. The molecule has 0 aromatic heterocycles. The van der Waals surface area contributed by atoms with Gasteiger partial charge in [-0.15, -0.1) is 0 Å². The molecule has 6 heteroatoms. The van der Waals surface area contributed by atoms with Crippen LogP contribution in [0.25, 0.3) is 0 Å². The van der Waals surface area contributed by atoms with Crippen molar-refractivity contribution in [1.29, 1.82) is 0 Å². The maximum absolute atomic E-state index is 9.10. The lowest BCUT2D eigenvalue weighted by molar-refractivity contribution is -0.107. The lowest BCUT2D eigenvalue weighted by Crippen LogP contribution is -2.44. The minimum atomic E-state index is -1.69. The van der Waals surface area contributed by atoms with Crippen LogP contribution in [0.15, 0.2) is 11.8 Å². The van der Waals surface area contributed by atoms with Gasteiger partial charge in [0.2, 0.25) is 0 Å². The molecule has 0 unspecified atom stereocenters. The van der Waals surface area contributed by atoms with Crippen LogP contribution in [0, 0.1) is 0 Å². The van der Waals surface area contributed by atoms with Crippen LogP contribution in [-0.4, -0.2) is 38.8 Å². The fraction of sp³-hybridized carbons (Fsp3) is 0.800. The summed E-state index contributed by atoms with van der Waals surface area (Å²) < 4.78 is 4.25. The van der Waals surface area contributed by atoms with Crippen molar-refractivity contribution in [2.75, 3.05) is 0 Å². The smallest absolute Gasteiger partial charge is 0.518 e. The molecule has 0 radical (unpaired) electrons. The van der Waals surface area contributed by atoms with Crippen LogP contribution in [0.2, 0.25) is 0 Å². The summed E-state index contributed by atoms with van der Waals surface area (Å²) in [4.78, 5) is 0. The van der Waals surface area contributed by atoms with Gasteiger partial charge in [-0.3, -0.25) is 0 Å². The average Bonchev–Trinajstić information content (AvgIpc) is 1.98. The molecule has 0 rings (SSSR count). The highest BCUT2D eigenvalue weighted by molar-refractivity contribution is 6.32. The monoisotopic (exact) mass is 234 g/mol. The molecular weight excluding hydrogens is 211 g/mol. The number of hydrogen-bond acceptors (Lipinski definition) is 5. The number of allylic oxidation sites excluding steroid dienone is 1. The van der Waals surface area contributed by atoms with Gasteiger partial charge in [0.05, 0.1) is 17.5 Å². The van der Waals surface area contributed by atoms with Crippen molar-refractivity contribution < 1.29 is 24.9 Å². The normalized spacial score (nSPS) is 11.1. The Morgan fingerprint density at radius 2 is 1.31 bits per heavy atom. The predicted molar refractivity (Wildman–Crippen MR) is 63.3 cm³/mol. The zero-order valence-electron chi connectivity index (χ0n) is 10.9. The minimum Gasteiger partial charge on any atom is -0.518 e. The predicted octanol–water partition coefficient (Wildman–Crippen LogP) is 0.424. The summed E-state index contributed by atoms with van der Waals surface area (Å²) in [5.41, 5.74) is -1.13. The van der Waals surface area contributed by atoms with E-state index in [1.165, 1.54) is 6.26 Å². The maximum Gasteiger partial charge on any atom is 0.707 e. The van der Waals surface area contributed by atoms with Gasteiger partial charge in [0.1, 0.15) is 0 Å². The molecule has 0 aliphatic carbocycles. The Balaban J connectivity index is 0. The standard InChI is InChI=1S/C6H14O2.C4H9BO3/c1-5(2,7)6(3,4)8;1-4(2)3-8-5(6)7/h7-8H,1-4H3;3,6-7H,1-2H3. The molecule has 5 nitrogen and oxygen atoms in total. The Bertz CT molecular complexity index is 196. The zero-order chi connectivity index (χ0) is 13.6. The lowest BCUT2D eigenvalue weighted by atomic mass is 9.90. The molecule has 96 valence electrons. The Morgan fingerprint density at radius 1 is 1.00 bits per heavy atom. The van der Waals surface area contributed by atoms with Crippen LogP contribution in [0.4, 0.5) is 0 Å². The minimum absolute atomic E-state index is 0.887. The van der Waals surface area contributed by atoms with Crippen LogP contribution in [-0.2, 0) is 4.65 Å². The molecule has 0 aromatic rings. The highest BCUT2D eigenvalue weighted by Gasteiger charge is 2.31. The van der Waals surface area contributed by atoms with Gasteiger partial charge in [-0.2, -0.15) is 0 Å². The van der Waals surface area contributed by atoms with Crippen LogP contribution in [0.1, 0.15) is 41.5 Å². The topological polar surface area (TPSA) is 90.2 Å². The summed E-state index contributed by atoms with van der Waals surface area (Å²) in [6, 6.07) is 0. The Hall–Kier alpha value is -0.555. The SMILES string of the molecule is CC(C)(O)C(C)(C)O.CC(C)=COB(O)O. The van der Waals surface area contributed by atoms with Crippen molar-refractivity contribution in [2.24, 2.45) is 0 Å². The van der Waals surface area contributed by atoms with Gasteiger partial charge in [0, 0.05) is 0 Å². The van der Waals surface area contributed by atoms with E-state index >= 15 is 0 Å². The van der Waals surface area contributed by atoms with Crippen LogP contribution < -0.4 is 0 Å². The van der Waals surface area contributed by atoms with Gasteiger partial charge in [-0.25, -0.2) is 0 Å². The third-order valence-electron chi connectivity index (χ3n) is 1.92. The molecule has 0 saturated heterocycles. The molecule has 0 aliphatic rings. The van der Waals surface area contributed by atoms with Crippen LogP contribution in [0.3, 0.4) is 0 Å². The number of rotatable bonds is 3. The molecule has 0 spiro atoms. The molecule has 0 fully saturated rings. The number of hydrogen-bond donors (Lipinski definition) is 4. The van der Waals surface area contributed by atoms with Gasteiger partial charge in [-0.1, -0.05) is 0 Å². The Labute approximate surface area is 97.6 Å². The van der Waals surface area contributed by atoms with Gasteiger partial charge in [0.25, 0.3) is 0 Å². The van der Waals surface area contributed by atoms with E-state index in [9.17, 15) is 0 Å². The van der Waals surface area contributed by atoms with Gasteiger partial charge < -0.3 is 24.9 Å². The third kappa shape index (κ3) is 11.5. The highest BCUT2D eigenvalue weighted by atomic mass is 16.6. The maximum atomic E-state index is 9.10. The average molecular weight is 234 g/mol. The molecule has 0 heterocycles. The van der Waals surface area contributed by atoms with E-state index in [2.05, 4.69) is 4.65 Å². The first-order valence-electron chi connectivity index (χ1n) is 4.97. The Morgan fingerprint density at radius 3 is 1.38 bits per heavy atom. The third-order valence-corrected chi connectivity index (χ3v) is 1.92. The first-order chi connectivity index (χ1) is 6.88. The summed E-state index contributed by atoms with van der Waals surface area (Å²) in [5.74, 6) is 0. The Kier molecular flexibility index (Phi) is 7.69. The quantitative estimate of drug-likeness (QED) is 0.420. The molecule has 0 bridgehead atoms. The molecule has 0 atom stereocenters. The summed E-state index contributed by atoms with van der Waals surface area (Å²) in [6.45, 7) is 9.89. The van der Waals surface area contributed by atoms with Gasteiger partial charge in [0.15, 0.2) is 0 Å². The highest BCUT2D eigenvalue weighted by Crippen LogP contribution is 2.19. The van der Waals surface area contributed by atoms with E-state index in [1.54, 1.807) is 41.5 Å². The largest absolute Gasteiger partial charge is 0.707 e. The van der Waals surface area contributed by atoms with E-state index < -0.39 is 18.5 Å². The summed E-state index contributed by atoms with van der Waals surface area (Å²) in [6.07, 6.45) is 1.28. The second-order valence-electron chi connectivity index (χ2n) is 4.78. The van der Waals surface area contributed by atoms with Crippen molar-refractivity contribution in [3.63, 3.8) is 0 Å². The van der Waals surface area contributed by atoms with Crippen LogP contribution >= 0.6 is 0 Å². The van der Waals surface area contributed by atoms with E-state index in [0.717, 1.165) is 5.57 Å². The van der Waals surface area contributed by atoms with Crippen LogP contribution in [0.5, 0.6) is 0 Å². The van der Waals surface area contributed by atoms with E-state index in [4.69, 9.17) is 20.3 Å². The van der Waals surface area contributed by atoms with Crippen molar-refractivity contribution in [3.8, 4) is 0 Å². The van der Waals surface area contributed by atoms with E-state index in [0.29, 0.717) is 0 Å². The van der Waals surface area contributed by atoms with Crippen molar-refractivity contribution in [1.82, 2.24) is 0 Å². The van der Waals surface area contributed by atoms with E-state index in [1.807, 2.05) is 0 Å². The summed E-state index contributed by atoms with van der Waals surface area (Å²) in [7, 11) is -1.69. The molecular formula is C10H23BO5. The lowest BCUT2D eigenvalue weighted by Gasteiger charge is -2.31. The first kappa shape index (κ1) is 17.8. The summed E-state index contributed by atoms with van der Waals surface area (Å²) >= 11 is 0. The van der Waals surface area contributed by atoms with E-state index in [-0.39, 0.29) is 0 Å². The molecule has 4 N–H and O–H groups in total. The molecule has 0 amide bonds. The second-order valence-corrected chi connectivity index (χ2v) is 4.78. The first-order valence-corrected chi connectivity index (χ1v) is 4.97. The van der Waals surface area contributed by atoms with Gasteiger partial charge in [-0.05, 0) is 47.1 Å². The fourth-order valence-electron chi connectivity index (χ4n) is 0.197. The second kappa shape index (κ2) is 6.91. The van der Waals surface area contributed by atoms with Crippen molar-refractivity contribution >= 4 is 7.32 Å². The molecule has 0 aromatic carbocycles. The van der Waals surface area contributed by atoms with Crippen molar-refractivity contribution in [2.45, 2.75) is 52.7 Å². The van der Waals surface area contributed by atoms with Crippen molar-refractivity contribution in [3.05, 3.63) is 11.8 Å². The molecule has 16 heavy (non-hydrogen) atoms. The number of aliphatic hydroxyl groups is 2. The van der Waals surface area contributed by atoms with Gasteiger partial charge >= 0.3 is 7.32 Å². The molecule has 0 saturated carbocycles.